The van der Waals surface area contributed by atoms with E-state index in [0.29, 0.717) is 6.54 Å². The lowest BCUT2D eigenvalue weighted by atomic mass is 10.3. The Balaban J connectivity index is 1.86. The van der Waals surface area contributed by atoms with Crippen LogP contribution in [0, 0.1) is 0 Å². The molecule has 4 heteroatoms. The molecule has 0 atom stereocenters. The number of benzene rings is 2. The van der Waals surface area contributed by atoms with Crippen molar-refractivity contribution in [2.45, 2.75) is 0 Å². The Hall–Kier alpha value is -2.20. The standard InChI is InChI=1S/C14H17N3O/c18-11-10-15-12-6-8-14(9-7-12)17-16-13-4-2-1-3-5-13/h1-9,15-18H,10-11H2. The maximum absolute atomic E-state index is 8.71. The van der Waals surface area contributed by atoms with E-state index in [4.69, 9.17) is 5.11 Å². The predicted molar refractivity (Wildman–Crippen MR) is 75.7 cm³/mol. The molecule has 0 radical (unpaired) electrons. The topological polar surface area (TPSA) is 56.3 Å². The lowest BCUT2D eigenvalue weighted by Crippen LogP contribution is -2.09. The van der Waals surface area contributed by atoms with E-state index in [0.717, 1.165) is 17.1 Å². The number of aliphatic hydroxyl groups is 1. The summed E-state index contributed by atoms with van der Waals surface area (Å²) in [6.07, 6.45) is 0. The lowest BCUT2D eigenvalue weighted by molar-refractivity contribution is 0.311. The lowest BCUT2D eigenvalue weighted by Gasteiger charge is -2.10. The van der Waals surface area contributed by atoms with Crippen molar-refractivity contribution in [2.24, 2.45) is 0 Å². The van der Waals surface area contributed by atoms with Gasteiger partial charge >= 0.3 is 0 Å². The highest BCUT2D eigenvalue weighted by molar-refractivity contribution is 5.56. The van der Waals surface area contributed by atoms with Gasteiger partial charge in [0.1, 0.15) is 0 Å². The summed E-state index contributed by atoms with van der Waals surface area (Å²) in [5.74, 6) is 0. The Morgan fingerprint density at radius 1 is 0.722 bits per heavy atom. The second-order valence-corrected chi connectivity index (χ2v) is 3.84. The molecule has 0 unspecified atom stereocenters. The fourth-order valence-corrected chi connectivity index (χ4v) is 1.54. The van der Waals surface area contributed by atoms with Gasteiger partial charge in [0.25, 0.3) is 0 Å². The van der Waals surface area contributed by atoms with E-state index in [1.807, 2.05) is 54.6 Å². The minimum atomic E-state index is 0.134. The Labute approximate surface area is 107 Å². The SMILES string of the molecule is OCCNc1ccc(NNc2ccccc2)cc1. The molecule has 0 saturated carbocycles. The molecule has 0 aromatic heterocycles. The minimum absolute atomic E-state index is 0.134. The molecule has 2 rings (SSSR count). The molecule has 0 heterocycles. The number of hydrazine groups is 1. The highest BCUT2D eigenvalue weighted by Gasteiger charge is 1.93. The van der Waals surface area contributed by atoms with Crippen LogP contribution < -0.4 is 16.2 Å². The first-order chi connectivity index (χ1) is 8.88. The Bertz CT molecular complexity index is 456. The highest BCUT2D eigenvalue weighted by Crippen LogP contribution is 2.14. The van der Waals surface area contributed by atoms with Crippen LogP contribution in [-0.2, 0) is 0 Å². The molecule has 2 aromatic rings. The number of para-hydroxylation sites is 1. The first kappa shape index (κ1) is 12.3. The van der Waals surface area contributed by atoms with E-state index >= 15 is 0 Å². The molecular weight excluding hydrogens is 226 g/mol. The molecule has 18 heavy (non-hydrogen) atoms. The largest absolute Gasteiger partial charge is 0.395 e. The zero-order valence-electron chi connectivity index (χ0n) is 10.1. The van der Waals surface area contributed by atoms with E-state index in [1.54, 1.807) is 0 Å². The third kappa shape index (κ3) is 3.68. The smallest absolute Gasteiger partial charge is 0.0604 e. The molecular formula is C14H17N3O. The van der Waals surface area contributed by atoms with Crippen LogP contribution in [0.2, 0.25) is 0 Å². The normalized spacial score (nSPS) is 9.83. The van der Waals surface area contributed by atoms with Crippen LogP contribution in [0.4, 0.5) is 17.1 Å². The van der Waals surface area contributed by atoms with E-state index in [1.165, 1.54) is 0 Å². The zero-order valence-corrected chi connectivity index (χ0v) is 10.1. The van der Waals surface area contributed by atoms with Crippen molar-refractivity contribution in [1.82, 2.24) is 0 Å². The highest BCUT2D eigenvalue weighted by atomic mass is 16.3. The molecule has 0 saturated heterocycles. The fraction of sp³-hybridized carbons (Fsp3) is 0.143. The summed E-state index contributed by atoms with van der Waals surface area (Å²) in [4.78, 5) is 0. The molecule has 0 fully saturated rings. The van der Waals surface area contributed by atoms with Gasteiger partial charge in [-0.3, -0.25) is 0 Å². The van der Waals surface area contributed by atoms with Crippen LogP contribution in [0.15, 0.2) is 54.6 Å². The quantitative estimate of drug-likeness (QED) is 0.589. The van der Waals surface area contributed by atoms with Crippen LogP contribution in [0.5, 0.6) is 0 Å². The molecule has 0 amide bonds. The van der Waals surface area contributed by atoms with Crippen molar-refractivity contribution in [3.63, 3.8) is 0 Å². The molecule has 0 bridgehead atoms. The summed E-state index contributed by atoms with van der Waals surface area (Å²) in [5, 5.41) is 11.8. The molecule has 4 N–H and O–H groups in total. The van der Waals surface area contributed by atoms with E-state index in [-0.39, 0.29) is 6.61 Å². The number of aliphatic hydroxyl groups excluding tert-OH is 1. The van der Waals surface area contributed by atoms with Gasteiger partial charge in [0.2, 0.25) is 0 Å². The number of hydrogen-bond acceptors (Lipinski definition) is 4. The van der Waals surface area contributed by atoms with Gasteiger partial charge in [0, 0.05) is 12.2 Å². The van der Waals surface area contributed by atoms with Crippen molar-refractivity contribution < 1.29 is 5.11 Å². The molecule has 0 aliphatic rings. The second-order valence-electron chi connectivity index (χ2n) is 3.84. The summed E-state index contributed by atoms with van der Waals surface area (Å²) in [6, 6.07) is 17.8. The van der Waals surface area contributed by atoms with Crippen LogP contribution >= 0.6 is 0 Å². The second kappa shape index (κ2) is 6.51. The van der Waals surface area contributed by atoms with E-state index in [2.05, 4.69) is 16.2 Å². The zero-order chi connectivity index (χ0) is 12.6. The van der Waals surface area contributed by atoms with E-state index in [9.17, 15) is 0 Å². The van der Waals surface area contributed by atoms with Crippen LogP contribution in [0.1, 0.15) is 0 Å². The minimum Gasteiger partial charge on any atom is -0.395 e. The third-order valence-electron chi connectivity index (χ3n) is 2.45. The molecule has 0 aliphatic heterocycles. The van der Waals surface area contributed by atoms with Crippen molar-refractivity contribution in [2.75, 3.05) is 29.3 Å². The van der Waals surface area contributed by atoms with Gasteiger partial charge < -0.3 is 21.3 Å². The Morgan fingerprint density at radius 3 is 1.89 bits per heavy atom. The van der Waals surface area contributed by atoms with Gasteiger partial charge in [-0.05, 0) is 36.4 Å². The maximum atomic E-state index is 8.71. The molecule has 0 aliphatic carbocycles. The Morgan fingerprint density at radius 2 is 1.28 bits per heavy atom. The average molecular weight is 243 g/mol. The van der Waals surface area contributed by atoms with Crippen molar-refractivity contribution in [1.29, 1.82) is 0 Å². The average Bonchev–Trinajstić information content (AvgIpc) is 2.45. The first-order valence-electron chi connectivity index (χ1n) is 5.90. The summed E-state index contributed by atoms with van der Waals surface area (Å²) in [5.41, 5.74) is 9.22. The monoisotopic (exact) mass is 243 g/mol. The predicted octanol–water partition coefficient (Wildman–Crippen LogP) is 2.53. The Kier molecular flexibility index (Phi) is 4.44. The van der Waals surface area contributed by atoms with Crippen LogP contribution in [0.3, 0.4) is 0 Å². The first-order valence-corrected chi connectivity index (χ1v) is 5.90. The maximum Gasteiger partial charge on any atom is 0.0604 e. The summed E-state index contributed by atoms with van der Waals surface area (Å²) in [7, 11) is 0. The summed E-state index contributed by atoms with van der Waals surface area (Å²) < 4.78 is 0. The summed E-state index contributed by atoms with van der Waals surface area (Å²) in [6.45, 7) is 0.699. The van der Waals surface area contributed by atoms with Crippen molar-refractivity contribution >= 4 is 17.1 Å². The number of rotatable bonds is 6. The van der Waals surface area contributed by atoms with Crippen molar-refractivity contribution in [3.05, 3.63) is 54.6 Å². The molecule has 94 valence electrons. The third-order valence-corrected chi connectivity index (χ3v) is 2.45. The fourth-order valence-electron chi connectivity index (χ4n) is 1.54. The van der Waals surface area contributed by atoms with Gasteiger partial charge in [-0.15, -0.1) is 0 Å². The van der Waals surface area contributed by atoms with Gasteiger partial charge in [-0.2, -0.15) is 0 Å². The van der Waals surface area contributed by atoms with E-state index < -0.39 is 0 Å². The number of anilines is 3. The van der Waals surface area contributed by atoms with Crippen LogP contribution in [-0.4, -0.2) is 18.3 Å². The van der Waals surface area contributed by atoms with Gasteiger partial charge in [-0.25, -0.2) is 0 Å². The van der Waals surface area contributed by atoms with Crippen LogP contribution in [0.25, 0.3) is 0 Å². The van der Waals surface area contributed by atoms with Gasteiger partial charge in [0.05, 0.1) is 18.0 Å². The molecule has 4 nitrogen and oxygen atoms in total. The van der Waals surface area contributed by atoms with Crippen molar-refractivity contribution in [3.8, 4) is 0 Å². The number of nitrogens with one attached hydrogen (secondary N) is 3. The molecule has 0 spiro atoms. The van der Waals surface area contributed by atoms with Gasteiger partial charge in [-0.1, -0.05) is 18.2 Å². The molecule has 2 aromatic carbocycles. The number of hydrogen-bond donors (Lipinski definition) is 4. The summed E-state index contributed by atoms with van der Waals surface area (Å²) >= 11 is 0. The van der Waals surface area contributed by atoms with Gasteiger partial charge in [0.15, 0.2) is 0 Å².